The van der Waals surface area contributed by atoms with E-state index in [0.29, 0.717) is 35.9 Å². The first kappa shape index (κ1) is 19.8. The quantitative estimate of drug-likeness (QED) is 0.571. The fraction of sp³-hybridized carbons (Fsp3) is 0.381. The van der Waals surface area contributed by atoms with E-state index in [0.717, 1.165) is 24.9 Å². The van der Waals surface area contributed by atoms with Crippen LogP contribution in [0.2, 0.25) is 0 Å². The van der Waals surface area contributed by atoms with Gasteiger partial charge in [-0.3, -0.25) is 0 Å². The number of carboxylic acid groups (broad SMARTS) is 1. The number of nitrogens with one attached hydrogen (secondary N) is 2. The Morgan fingerprint density at radius 3 is 2.64 bits per heavy atom. The minimum absolute atomic E-state index is 0.0529. The van der Waals surface area contributed by atoms with Gasteiger partial charge in [0.15, 0.2) is 5.69 Å². The average molecular weight is 382 g/mol. The fourth-order valence-corrected chi connectivity index (χ4v) is 3.21. The summed E-state index contributed by atoms with van der Waals surface area (Å²) in [4.78, 5) is 18.0. The third-order valence-corrected chi connectivity index (χ3v) is 5.08. The van der Waals surface area contributed by atoms with E-state index in [4.69, 9.17) is 10.1 Å². The van der Waals surface area contributed by atoms with Gasteiger partial charge in [0.25, 0.3) is 0 Å². The first-order valence-corrected chi connectivity index (χ1v) is 9.40. The molecule has 0 spiro atoms. The zero-order valence-electron chi connectivity index (χ0n) is 16.2. The van der Waals surface area contributed by atoms with Crippen molar-refractivity contribution in [3.63, 3.8) is 0 Å². The molecule has 2 aromatic rings. The van der Waals surface area contributed by atoms with Crippen LogP contribution in [0.25, 0.3) is 0 Å². The maximum atomic E-state index is 11.7. The summed E-state index contributed by atoms with van der Waals surface area (Å²) in [6, 6.07) is 11.0. The molecule has 1 aliphatic rings. The lowest BCUT2D eigenvalue weighted by Crippen LogP contribution is -2.29. The number of hydrogen-bond donors (Lipinski definition) is 3. The number of nitrogens with zero attached hydrogens (tertiary/aromatic N) is 2. The lowest BCUT2D eigenvalue weighted by molar-refractivity contribution is 0.0690. The molecular weight excluding hydrogens is 356 g/mol. The highest BCUT2D eigenvalue weighted by molar-refractivity contribution is 6.10. The number of hydrogen-bond acceptors (Lipinski definition) is 6. The largest absolute Gasteiger partial charge is 0.477 e. The zero-order chi connectivity index (χ0) is 20.1. The number of benzene rings is 1. The average Bonchev–Trinajstić information content (AvgIpc) is 2.64. The van der Waals surface area contributed by atoms with Gasteiger partial charge in [0.2, 0.25) is 0 Å². The van der Waals surface area contributed by atoms with Crippen LogP contribution in [0.15, 0.2) is 36.4 Å². The van der Waals surface area contributed by atoms with Gasteiger partial charge >= 0.3 is 5.97 Å². The molecule has 0 unspecified atom stereocenters. The minimum Gasteiger partial charge on any atom is -0.477 e. The van der Waals surface area contributed by atoms with Crippen LogP contribution in [0.1, 0.15) is 35.3 Å². The molecule has 1 aliphatic carbocycles. The van der Waals surface area contributed by atoms with E-state index in [2.05, 4.69) is 10.3 Å². The molecule has 0 atom stereocenters. The summed E-state index contributed by atoms with van der Waals surface area (Å²) in [6.07, 6.45) is 3.07. The van der Waals surface area contributed by atoms with Crippen LogP contribution in [-0.2, 0) is 4.74 Å². The molecule has 0 saturated heterocycles. The Balaban J connectivity index is 2.11. The Hall–Kier alpha value is -2.93. The number of methoxy groups -OCH3 is 1. The van der Waals surface area contributed by atoms with Gasteiger partial charge in [0.1, 0.15) is 5.82 Å². The van der Waals surface area contributed by atoms with Crippen LogP contribution in [0.4, 0.5) is 17.2 Å². The number of aromatic carboxylic acids is 1. The van der Waals surface area contributed by atoms with Gasteiger partial charge in [-0.2, -0.15) is 0 Å². The van der Waals surface area contributed by atoms with Crippen molar-refractivity contribution in [3.05, 3.63) is 47.7 Å². The maximum absolute atomic E-state index is 11.7. The van der Waals surface area contributed by atoms with E-state index in [1.807, 2.05) is 42.3 Å². The van der Waals surface area contributed by atoms with Crippen LogP contribution in [0, 0.1) is 11.3 Å². The van der Waals surface area contributed by atoms with Crippen molar-refractivity contribution >= 4 is 28.9 Å². The first-order valence-electron chi connectivity index (χ1n) is 9.40. The molecule has 148 valence electrons. The Morgan fingerprint density at radius 1 is 1.36 bits per heavy atom. The number of aromatic nitrogens is 1. The van der Waals surface area contributed by atoms with Crippen LogP contribution < -0.4 is 10.2 Å². The highest BCUT2D eigenvalue weighted by atomic mass is 16.5. The second-order valence-corrected chi connectivity index (χ2v) is 7.00. The molecule has 1 aromatic carbocycles. The molecule has 7 nitrogen and oxygen atoms in total. The summed E-state index contributed by atoms with van der Waals surface area (Å²) in [6.45, 7) is 1.08. The molecule has 1 fully saturated rings. The summed E-state index contributed by atoms with van der Waals surface area (Å²) in [5.41, 5.74) is 2.60. The third kappa shape index (κ3) is 4.31. The summed E-state index contributed by atoms with van der Waals surface area (Å²) in [5, 5.41) is 21.6. The van der Waals surface area contributed by atoms with Crippen molar-refractivity contribution in [2.24, 2.45) is 5.92 Å². The van der Waals surface area contributed by atoms with E-state index < -0.39 is 5.97 Å². The van der Waals surface area contributed by atoms with E-state index in [-0.39, 0.29) is 11.6 Å². The van der Waals surface area contributed by atoms with Crippen LogP contribution >= 0.6 is 0 Å². The van der Waals surface area contributed by atoms with Crippen molar-refractivity contribution < 1.29 is 14.6 Å². The molecule has 1 aromatic heterocycles. The van der Waals surface area contributed by atoms with Crippen molar-refractivity contribution in [2.45, 2.75) is 19.3 Å². The van der Waals surface area contributed by atoms with Gasteiger partial charge in [-0.1, -0.05) is 24.6 Å². The summed E-state index contributed by atoms with van der Waals surface area (Å²) < 4.78 is 5.17. The highest BCUT2D eigenvalue weighted by Gasteiger charge is 2.29. The van der Waals surface area contributed by atoms with Gasteiger partial charge in [-0.05, 0) is 31.0 Å². The van der Waals surface area contributed by atoms with Gasteiger partial charge in [-0.15, -0.1) is 0 Å². The van der Waals surface area contributed by atoms with Crippen molar-refractivity contribution in [3.8, 4) is 0 Å². The number of rotatable bonds is 9. The van der Waals surface area contributed by atoms with Gasteiger partial charge in [0, 0.05) is 38.0 Å². The smallest absolute Gasteiger partial charge is 0.354 e. The van der Waals surface area contributed by atoms with Crippen LogP contribution in [-0.4, -0.2) is 49.1 Å². The van der Waals surface area contributed by atoms with Gasteiger partial charge in [-0.25, -0.2) is 9.78 Å². The first-order chi connectivity index (χ1) is 13.5. The molecular formula is C21H26N4O3. The Bertz CT molecular complexity index is 850. The van der Waals surface area contributed by atoms with E-state index in [9.17, 15) is 9.90 Å². The molecule has 0 radical (unpaired) electrons. The lowest BCUT2D eigenvalue weighted by Gasteiger charge is -2.31. The molecule has 1 heterocycles. The van der Waals surface area contributed by atoms with E-state index in [1.54, 1.807) is 13.2 Å². The topological polar surface area (TPSA) is 98.5 Å². The SMILES string of the molecule is COCCN(C)c1cc(C(=O)O)nc(Nc2ccccc2)c1C(=N)C1CCC1. The Morgan fingerprint density at radius 2 is 2.07 bits per heavy atom. The molecule has 0 aliphatic heterocycles. The fourth-order valence-electron chi connectivity index (χ4n) is 3.21. The number of anilines is 3. The van der Waals surface area contributed by atoms with Gasteiger partial charge < -0.3 is 25.5 Å². The minimum atomic E-state index is -1.10. The molecule has 3 rings (SSSR count). The third-order valence-electron chi connectivity index (χ3n) is 5.08. The zero-order valence-corrected chi connectivity index (χ0v) is 16.2. The predicted octanol–water partition coefficient (Wildman–Crippen LogP) is 3.77. The van der Waals surface area contributed by atoms with Gasteiger partial charge in [0.05, 0.1) is 17.9 Å². The molecule has 3 N–H and O–H groups in total. The summed E-state index contributed by atoms with van der Waals surface area (Å²) >= 11 is 0. The standard InChI is InChI=1S/C21H26N4O3/c1-25(11-12-28-2)17-13-16(21(26)27)24-20(23-15-9-4-3-5-10-15)18(17)19(22)14-7-6-8-14/h3-5,9-10,13-14,22H,6-8,11-12H2,1-2H3,(H,23,24)(H,26,27). The normalized spacial score (nSPS) is 13.6. The highest BCUT2D eigenvalue weighted by Crippen LogP contribution is 2.37. The second kappa shape index (κ2) is 8.84. The summed E-state index contributed by atoms with van der Waals surface area (Å²) in [7, 11) is 3.51. The molecule has 0 amide bonds. The Labute approximate surface area is 164 Å². The molecule has 28 heavy (non-hydrogen) atoms. The number of pyridine rings is 1. The van der Waals surface area contributed by atoms with Crippen molar-refractivity contribution in [2.75, 3.05) is 37.5 Å². The number of carbonyl (C=O) groups is 1. The van der Waals surface area contributed by atoms with Crippen molar-refractivity contribution in [1.29, 1.82) is 5.41 Å². The molecule has 0 bridgehead atoms. The number of para-hydroxylation sites is 1. The van der Waals surface area contributed by atoms with Crippen molar-refractivity contribution in [1.82, 2.24) is 4.98 Å². The maximum Gasteiger partial charge on any atom is 0.354 e. The second-order valence-electron chi connectivity index (χ2n) is 7.00. The predicted molar refractivity (Wildman–Crippen MR) is 110 cm³/mol. The number of ether oxygens (including phenoxy) is 1. The van der Waals surface area contributed by atoms with E-state index in [1.165, 1.54) is 0 Å². The van der Waals surface area contributed by atoms with Crippen LogP contribution in [0.3, 0.4) is 0 Å². The number of likely N-dealkylation sites (N-methyl/N-ethyl adjacent to an activating group) is 1. The Kier molecular flexibility index (Phi) is 6.26. The molecule has 7 heteroatoms. The number of carboxylic acids is 1. The molecule has 1 saturated carbocycles. The monoisotopic (exact) mass is 382 g/mol. The van der Waals surface area contributed by atoms with E-state index >= 15 is 0 Å². The summed E-state index contributed by atoms with van der Waals surface area (Å²) in [5.74, 6) is -0.509. The van der Waals surface area contributed by atoms with Crippen LogP contribution in [0.5, 0.6) is 0 Å². The lowest BCUT2D eigenvalue weighted by atomic mass is 9.79.